The van der Waals surface area contributed by atoms with Crippen molar-refractivity contribution in [2.24, 2.45) is 0 Å². The van der Waals surface area contributed by atoms with Gasteiger partial charge in [0.1, 0.15) is 22.2 Å². The van der Waals surface area contributed by atoms with E-state index in [0.29, 0.717) is 22.6 Å². The number of halogens is 2. The Morgan fingerprint density at radius 3 is 2.36 bits per heavy atom. The van der Waals surface area contributed by atoms with Crippen molar-refractivity contribution in [1.29, 1.82) is 0 Å². The fraction of sp³-hybridized carbons (Fsp3) is 0.167. The van der Waals surface area contributed by atoms with Gasteiger partial charge in [0, 0.05) is 16.3 Å². The highest BCUT2D eigenvalue weighted by Crippen LogP contribution is 2.36. The van der Waals surface area contributed by atoms with Gasteiger partial charge in [-0.2, -0.15) is 0 Å². The van der Waals surface area contributed by atoms with Crippen LogP contribution in [0.2, 0.25) is 0 Å². The molecule has 0 aliphatic heterocycles. The normalized spacial score (nSPS) is 11.7. The van der Waals surface area contributed by atoms with Gasteiger partial charge in [-0.1, -0.05) is 33.2 Å². The SMILES string of the molecule is Cc1cc(-c2noc(C)c2-c2ccc(S(C)(=O)=O)c(F)c2)ccc1Br. The second-order valence-corrected chi connectivity index (χ2v) is 8.68. The second-order valence-electron chi connectivity index (χ2n) is 5.84. The summed E-state index contributed by atoms with van der Waals surface area (Å²) in [7, 11) is -3.62. The van der Waals surface area contributed by atoms with Crippen LogP contribution < -0.4 is 0 Å². The van der Waals surface area contributed by atoms with Gasteiger partial charge in [0.15, 0.2) is 9.84 Å². The molecule has 0 saturated carbocycles. The number of sulfone groups is 1. The van der Waals surface area contributed by atoms with Crippen molar-refractivity contribution in [1.82, 2.24) is 5.16 Å². The van der Waals surface area contributed by atoms with Crippen molar-refractivity contribution in [3.8, 4) is 22.4 Å². The third-order valence-electron chi connectivity index (χ3n) is 3.91. The van der Waals surface area contributed by atoms with E-state index in [4.69, 9.17) is 4.52 Å². The van der Waals surface area contributed by atoms with Gasteiger partial charge in [-0.3, -0.25) is 0 Å². The predicted molar refractivity (Wildman–Crippen MR) is 97.6 cm³/mol. The van der Waals surface area contributed by atoms with Crippen LogP contribution in [-0.2, 0) is 9.84 Å². The highest BCUT2D eigenvalue weighted by atomic mass is 79.9. The topological polar surface area (TPSA) is 60.2 Å². The van der Waals surface area contributed by atoms with Crippen LogP contribution in [0, 0.1) is 19.7 Å². The Kier molecular flexibility index (Phi) is 4.55. The van der Waals surface area contributed by atoms with Crippen LogP contribution in [0.5, 0.6) is 0 Å². The van der Waals surface area contributed by atoms with Crippen LogP contribution in [0.25, 0.3) is 22.4 Å². The molecule has 0 atom stereocenters. The second kappa shape index (κ2) is 6.38. The van der Waals surface area contributed by atoms with Gasteiger partial charge in [0.2, 0.25) is 0 Å². The molecule has 0 spiro atoms. The summed E-state index contributed by atoms with van der Waals surface area (Å²) in [6, 6.07) is 9.78. The lowest BCUT2D eigenvalue weighted by atomic mass is 9.98. The zero-order valence-electron chi connectivity index (χ0n) is 13.8. The molecular weight excluding hydrogens is 409 g/mol. The highest BCUT2D eigenvalue weighted by Gasteiger charge is 2.20. The number of aromatic nitrogens is 1. The summed E-state index contributed by atoms with van der Waals surface area (Å²) in [5.74, 6) is -0.263. The van der Waals surface area contributed by atoms with E-state index in [2.05, 4.69) is 21.1 Å². The first-order valence-electron chi connectivity index (χ1n) is 7.41. The lowest BCUT2D eigenvalue weighted by Crippen LogP contribution is -2.00. The van der Waals surface area contributed by atoms with E-state index in [1.165, 1.54) is 12.1 Å². The van der Waals surface area contributed by atoms with Gasteiger partial charge in [-0.15, -0.1) is 0 Å². The minimum Gasteiger partial charge on any atom is -0.360 e. The smallest absolute Gasteiger partial charge is 0.178 e. The molecule has 3 aromatic rings. The van der Waals surface area contributed by atoms with Crippen molar-refractivity contribution in [2.45, 2.75) is 18.7 Å². The summed E-state index contributed by atoms with van der Waals surface area (Å²) in [6.45, 7) is 3.70. The third-order valence-corrected chi connectivity index (χ3v) is 5.93. The molecule has 25 heavy (non-hydrogen) atoms. The zero-order valence-corrected chi connectivity index (χ0v) is 16.2. The summed E-state index contributed by atoms with van der Waals surface area (Å²) in [6.07, 6.45) is 0.978. The van der Waals surface area contributed by atoms with Gasteiger partial charge in [-0.25, -0.2) is 12.8 Å². The molecule has 1 aromatic heterocycles. The number of nitrogens with zero attached hydrogens (tertiary/aromatic N) is 1. The molecule has 3 rings (SSSR count). The quantitative estimate of drug-likeness (QED) is 0.598. The molecule has 0 fully saturated rings. The first-order valence-corrected chi connectivity index (χ1v) is 10.1. The van der Waals surface area contributed by atoms with Gasteiger partial charge < -0.3 is 4.52 Å². The molecule has 0 aliphatic carbocycles. The first-order chi connectivity index (χ1) is 11.7. The van der Waals surface area contributed by atoms with Gasteiger partial charge in [0.25, 0.3) is 0 Å². The van der Waals surface area contributed by atoms with Crippen molar-refractivity contribution in [3.63, 3.8) is 0 Å². The van der Waals surface area contributed by atoms with Crippen LogP contribution in [-0.4, -0.2) is 19.8 Å². The molecule has 7 heteroatoms. The largest absolute Gasteiger partial charge is 0.360 e. The fourth-order valence-electron chi connectivity index (χ4n) is 2.66. The van der Waals surface area contributed by atoms with Crippen LogP contribution >= 0.6 is 15.9 Å². The molecule has 0 unspecified atom stereocenters. The van der Waals surface area contributed by atoms with Gasteiger partial charge >= 0.3 is 0 Å². The lowest BCUT2D eigenvalue weighted by molar-refractivity contribution is 0.400. The Morgan fingerprint density at radius 2 is 1.76 bits per heavy atom. The lowest BCUT2D eigenvalue weighted by Gasteiger charge is -2.07. The Labute approximate surface area is 153 Å². The Morgan fingerprint density at radius 1 is 1.08 bits per heavy atom. The molecular formula is C18H15BrFNO3S. The van der Waals surface area contributed by atoms with Gasteiger partial charge in [-0.05, 0) is 49.2 Å². The number of hydrogen-bond acceptors (Lipinski definition) is 4. The number of aryl methyl sites for hydroxylation is 2. The minimum absolute atomic E-state index is 0.327. The summed E-state index contributed by atoms with van der Waals surface area (Å²) in [5.41, 5.74) is 3.60. The summed E-state index contributed by atoms with van der Waals surface area (Å²) >= 11 is 3.46. The molecule has 130 valence electrons. The zero-order chi connectivity index (χ0) is 18.4. The summed E-state index contributed by atoms with van der Waals surface area (Å²) in [4.78, 5) is -0.327. The van der Waals surface area contributed by atoms with Crippen LogP contribution in [0.1, 0.15) is 11.3 Å². The van der Waals surface area contributed by atoms with E-state index in [0.717, 1.165) is 21.9 Å². The van der Waals surface area contributed by atoms with Gasteiger partial charge in [0.05, 0.1) is 5.56 Å². The maximum atomic E-state index is 14.3. The average Bonchev–Trinajstić information content (AvgIpc) is 2.90. The number of rotatable bonds is 3. The predicted octanol–water partition coefficient (Wildman–Crippen LogP) is 4.93. The maximum absolute atomic E-state index is 14.3. The third kappa shape index (κ3) is 3.39. The highest BCUT2D eigenvalue weighted by molar-refractivity contribution is 9.10. The maximum Gasteiger partial charge on any atom is 0.178 e. The van der Waals surface area contributed by atoms with Crippen molar-refractivity contribution >= 4 is 25.8 Å². The fourth-order valence-corrected chi connectivity index (χ4v) is 3.63. The molecule has 0 saturated heterocycles. The molecule has 4 nitrogen and oxygen atoms in total. The monoisotopic (exact) mass is 423 g/mol. The average molecular weight is 424 g/mol. The van der Waals surface area contributed by atoms with E-state index in [1.54, 1.807) is 13.0 Å². The van der Waals surface area contributed by atoms with Crippen LogP contribution in [0.4, 0.5) is 4.39 Å². The minimum atomic E-state index is -3.62. The van der Waals surface area contributed by atoms with E-state index < -0.39 is 15.7 Å². The molecule has 0 bridgehead atoms. The van der Waals surface area contributed by atoms with Crippen LogP contribution in [0.3, 0.4) is 0 Å². The van der Waals surface area contributed by atoms with Crippen LogP contribution in [0.15, 0.2) is 50.3 Å². The standard InChI is InChI=1S/C18H15BrFNO3S/c1-10-8-13(4-6-14(10)19)18-17(11(2)24-21-18)12-5-7-16(15(20)9-12)25(3,22)23/h4-9H,1-3H3. The first kappa shape index (κ1) is 17.8. The van der Waals surface area contributed by atoms with E-state index in [-0.39, 0.29) is 4.90 Å². The Balaban J connectivity index is 2.17. The Bertz CT molecular complexity index is 1070. The van der Waals surface area contributed by atoms with Crippen molar-refractivity contribution < 1.29 is 17.3 Å². The molecule has 0 aliphatic rings. The molecule has 2 aromatic carbocycles. The molecule has 1 heterocycles. The number of benzene rings is 2. The van der Waals surface area contributed by atoms with E-state index in [1.807, 2.05) is 25.1 Å². The summed E-state index contributed by atoms with van der Waals surface area (Å²) in [5, 5.41) is 4.10. The summed E-state index contributed by atoms with van der Waals surface area (Å²) < 4.78 is 43.8. The molecule has 0 N–H and O–H groups in total. The van der Waals surface area contributed by atoms with Crippen molar-refractivity contribution in [2.75, 3.05) is 6.26 Å². The molecule has 0 radical (unpaired) electrons. The number of hydrogen-bond donors (Lipinski definition) is 0. The Hall–Kier alpha value is -1.99. The van der Waals surface area contributed by atoms with E-state index >= 15 is 0 Å². The van der Waals surface area contributed by atoms with E-state index in [9.17, 15) is 12.8 Å². The van der Waals surface area contributed by atoms with Crippen molar-refractivity contribution in [3.05, 3.63) is 58.0 Å². The molecule has 0 amide bonds.